The number of aromatic nitrogens is 1. The first-order valence-electron chi connectivity index (χ1n) is 11.2. The van der Waals surface area contributed by atoms with Crippen molar-refractivity contribution in [3.63, 3.8) is 0 Å². The summed E-state index contributed by atoms with van der Waals surface area (Å²) in [5.74, 6) is -1.47. The number of hydrogen-bond acceptors (Lipinski definition) is 6. The molecule has 1 aromatic rings. The number of imide groups is 1. The van der Waals surface area contributed by atoms with Crippen LogP contribution in [0.5, 0.6) is 0 Å². The fourth-order valence-corrected chi connectivity index (χ4v) is 4.83. The van der Waals surface area contributed by atoms with Gasteiger partial charge in [0.15, 0.2) is 6.61 Å². The molecular formula is C23H33N3O6. The van der Waals surface area contributed by atoms with E-state index >= 15 is 0 Å². The van der Waals surface area contributed by atoms with E-state index in [9.17, 15) is 19.2 Å². The van der Waals surface area contributed by atoms with Crippen LogP contribution < -0.4 is 5.32 Å². The van der Waals surface area contributed by atoms with Crippen molar-refractivity contribution in [2.45, 2.75) is 65.0 Å². The molecular weight excluding hydrogens is 414 g/mol. The van der Waals surface area contributed by atoms with Crippen LogP contribution in [-0.2, 0) is 25.6 Å². The minimum atomic E-state index is -0.925. The molecule has 2 fully saturated rings. The maximum absolute atomic E-state index is 12.9. The quantitative estimate of drug-likeness (QED) is 0.270. The highest BCUT2D eigenvalue weighted by Gasteiger charge is 2.55. The number of nitrogens with one attached hydrogen (secondary N) is 1. The summed E-state index contributed by atoms with van der Waals surface area (Å²) in [7, 11) is 1.65. The summed E-state index contributed by atoms with van der Waals surface area (Å²) >= 11 is 0. The number of esters is 1. The lowest BCUT2D eigenvalue weighted by Crippen LogP contribution is -2.54. The van der Waals surface area contributed by atoms with Crippen LogP contribution in [0.15, 0.2) is 6.07 Å². The molecule has 176 valence electrons. The van der Waals surface area contributed by atoms with Crippen LogP contribution in [-0.4, -0.2) is 65.6 Å². The van der Waals surface area contributed by atoms with Gasteiger partial charge in [0.2, 0.25) is 5.78 Å². The van der Waals surface area contributed by atoms with Crippen molar-refractivity contribution in [3.05, 3.63) is 23.0 Å². The van der Waals surface area contributed by atoms with E-state index in [0.717, 1.165) is 48.5 Å². The lowest BCUT2D eigenvalue weighted by atomic mass is 9.73. The van der Waals surface area contributed by atoms with Crippen LogP contribution in [0, 0.1) is 19.8 Å². The minimum Gasteiger partial charge on any atom is -0.456 e. The van der Waals surface area contributed by atoms with E-state index in [2.05, 4.69) is 5.32 Å². The smallest absolute Gasteiger partial charge is 0.326 e. The third kappa shape index (κ3) is 4.57. The number of methoxy groups -OCH3 is 1. The number of aryl methyl sites for hydroxylation is 1. The van der Waals surface area contributed by atoms with Gasteiger partial charge < -0.3 is 19.4 Å². The number of rotatable bonds is 9. The third-order valence-electron chi connectivity index (χ3n) is 6.76. The van der Waals surface area contributed by atoms with Gasteiger partial charge in [0.25, 0.3) is 5.91 Å². The van der Waals surface area contributed by atoms with Gasteiger partial charge >= 0.3 is 12.0 Å². The second-order valence-corrected chi connectivity index (χ2v) is 8.81. The van der Waals surface area contributed by atoms with E-state index in [1.165, 1.54) is 0 Å². The summed E-state index contributed by atoms with van der Waals surface area (Å²) in [6, 6.07) is 1.20. The highest BCUT2D eigenvalue weighted by Crippen LogP contribution is 2.38. The number of Topliss-reactive ketones (excluding diaryl/α,β-unsaturated/α-hetero) is 1. The molecule has 32 heavy (non-hydrogen) atoms. The van der Waals surface area contributed by atoms with Crippen LogP contribution in [0.1, 0.15) is 60.8 Å². The number of ketones is 1. The van der Waals surface area contributed by atoms with Crippen molar-refractivity contribution in [3.8, 4) is 0 Å². The fourth-order valence-electron chi connectivity index (χ4n) is 4.83. The Morgan fingerprint density at radius 2 is 2.00 bits per heavy atom. The largest absolute Gasteiger partial charge is 0.456 e. The monoisotopic (exact) mass is 447 g/mol. The Bertz CT molecular complexity index is 908. The van der Waals surface area contributed by atoms with Gasteiger partial charge in [0, 0.05) is 37.2 Å². The zero-order valence-electron chi connectivity index (χ0n) is 19.4. The molecule has 0 bridgehead atoms. The predicted molar refractivity (Wildman–Crippen MR) is 116 cm³/mol. The van der Waals surface area contributed by atoms with Crippen molar-refractivity contribution >= 4 is 23.7 Å². The van der Waals surface area contributed by atoms with Gasteiger partial charge in [0.1, 0.15) is 12.1 Å². The van der Waals surface area contributed by atoms with Gasteiger partial charge in [0.05, 0.1) is 0 Å². The van der Waals surface area contributed by atoms with Gasteiger partial charge in [-0.1, -0.05) is 19.8 Å². The Balaban J connectivity index is 1.57. The third-order valence-corrected chi connectivity index (χ3v) is 6.76. The fraction of sp³-hybridized carbons (Fsp3) is 0.652. The summed E-state index contributed by atoms with van der Waals surface area (Å²) in [5.41, 5.74) is 1.32. The zero-order chi connectivity index (χ0) is 23.5. The molecule has 9 nitrogen and oxygen atoms in total. The molecule has 1 spiro atoms. The molecule has 3 amide bonds. The second-order valence-electron chi connectivity index (χ2n) is 8.81. The predicted octanol–water partition coefficient (Wildman–Crippen LogP) is 2.37. The Hall–Kier alpha value is -2.68. The SMILES string of the molecule is COCCCn1c(C)cc(C(=O)COC(=O)CN2C(=O)NC3(CCCCC3C)C2=O)c1C. The molecule has 2 unspecified atom stereocenters. The van der Waals surface area contributed by atoms with Crippen molar-refractivity contribution in [2.24, 2.45) is 5.92 Å². The molecule has 1 saturated carbocycles. The number of nitrogens with zero attached hydrogens (tertiary/aromatic N) is 2. The van der Waals surface area contributed by atoms with Gasteiger partial charge in [-0.05, 0) is 45.1 Å². The summed E-state index contributed by atoms with van der Waals surface area (Å²) in [6.07, 6.45) is 4.11. The van der Waals surface area contributed by atoms with Crippen molar-refractivity contribution in [1.82, 2.24) is 14.8 Å². The molecule has 1 N–H and O–H groups in total. The van der Waals surface area contributed by atoms with Gasteiger partial charge in [-0.15, -0.1) is 0 Å². The lowest BCUT2D eigenvalue weighted by Gasteiger charge is -2.36. The normalized spacial score (nSPS) is 23.0. The van der Waals surface area contributed by atoms with Crippen molar-refractivity contribution in [2.75, 3.05) is 26.9 Å². The van der Waals surface area contributed by atoms with E-state index < -0.39 is 30.7 Å². The molecule has 2 aliphatic rings. The van der Waals surface area contributed by atoms with Crippen LogP contribution in [0.4, 0.5) is 4.79 Å². The number of carbonyl (C=O) groups excluding carboxylic acids is 4. The Kier molecular flexibility index (Phi) is 7.38. The van der Waals surface area contributed by atoms with Gasteiger partial charge in [-0.2, -0.15) is 0 Å². The minimum absolute atomic E-state index is 0.00874. The highest BCUT2D eigenvalue weighted by molar-refractivity contribution is 6.09. The van der Waals surface area contributed by atoms with Crippen LogP contribution >= 0.6 is 0 Å². The topological polar surface area (TPSA) is 107 Å². The molecule has 1 saturated heterocycles. The summed E-state index contributed by atoms with van der Waals surface area (Å²) < 4.78 is 12.2. The summed E-state index contributed by atoms with van der Waals surface area (Å²) in [6.45, 7) is 6.14. The van der Waals surface area contributed by atoms with E-state index in [-0.39, 0.29) is 17.6 Å². The van der Waals surface area contributed by atoms with Crippen LogP contribution in [0.2, 0.25) is 0 Å². The molecule has 0 radical (unpaired) electrons. The van der Waals surface area contributed by atoms with E-state index in [1.807, 2.05) is 25.3 Å². The first-order valence-corrected chi connectivity index (χ1v) is 11.2. The van der Waals surface area contributed by atoms with Gasteiger partial charge in [-0.25, -0.2) is 4.79 Å². The highest BCUT2D eigenvalue weighted by atomic mass is 16.5. The first-order chi connectivity index (χ1) is 15.2. The summed E-state index contributed by atoms with van der Waals surface area (Å²) in [5, 5.41) is 2.80. The maximum Gasteiger partial charge on any atom is 0.326 e. The lowest BCUT2D eigenvalue weighted by molar-refractivity contribution is -0.147. The van der Waals surface area contributed by atoms with Crippen molar-refractivity contribution in [1.29, 1.82) is 0 Å². The zero-order valence-corrected chi connectivity index (χ0v) is 19.4. The molecule has 1 aliphatic heterocycles. The van der Waals surface area contributed by atoms with E-state index in [0.29, 0.717) is 18.6 Å². The maximum atomic E-state index is 12.9. The standard InChI is InChI=1S/C23H33N3O6/c1-15-8-5-6-9-23(15)21(29)26(22(30)24-23)13-20(28)32-14-19(27)18-12-16(2)25(17(18)3)10-7-11-31-4/h12,15H,5-11,13-14H2,1-4H3,(H,24,30). The van der Waals surface area contributed by atoms with Crippen LogP contribution in [0.3, 0.4) is 0 Å². The Labute approximate surface area is 188 Å². The van der Waals surface area contributed by atoms with E-state index in [1.54, 1.807) is 13.2 Å². The number of ether oxygens (including phenoxy) is 2. The number of hydrogen-bond donors (Lipinski definition) is 1. The molecule has 1 aromatic heterocycles. The average Bonchev–Trinajstić information content (AvgIpc) is 3.17. The first kappa shape index (κ1) is 24.0. The molecule has 1 aliphatic carbocycles. The van der Waals surface area contributed by atoms with Crippen molar-refractivity contribution < 1.29 is 28.7 Å². The number of carbonyl (C=O) groups is 4. The molecule has 0 aromatic carbocycles. The molecule has 2 atom stereocenters. The number of urea groups is 1. The Morgan fingerprint density at radius 3 is 2.69 bits per heavy atom. The van der Waals surface area contributed by atoms with Crippen LogP contribution in [0.25, 0.3) is 0 Å². The molecule has 3 rings (SSSR count). The molecule has 2 heterocycles. The number of amides is 3. The van der Waals surface area contributed by atoms with Gasteiger partial charge in [-0.3, -0.25) is 19.3 Å². The van der Waals surface area contributed by atoms with E-state index in [4.69, 9.17) is 9.47 Å². The second kappa shape index (κ2) is 9.85. The summed E-state index contributed by atoms with van der Waals surface area (Å²) in [4.78, 5) is 51.2. The Morgan fingerprint density at radius 1 is 1.25 bits per heavy atom. The molecule has 9 heteroatoms. The average molecular weight is 448 g/mol.